The van der Waals surface area contributed by atoms with Crippen LogP contribution in [0, 0.1) is 6.92 Å². The molecule has 0 saturated carbocycles. The van der Waals surface area contributed by atoms with Gasteiger partial charge >= 0.3 is 0 Å². The Bertz CT molecular complexity index is 653. The summed E-state index contributed by atoms with van der Waals surface area (Å²) in [6, 6.07) is 13.6. The largest absolute Gasteiger partial charge is 0.350 e. The zero-order chi connectivity index (χ0) is 16.1. The van der Waals surface area contributed by atoms with Gasteiger partial charge in [0.05, 0.1) is 16.1 Å². The number of halogens is 2. The molecule has 0 aliphatic rings. The second-order valence-electron chi connectivity index (χ2n) is 5.45. The zero-order valence-corrected chi connectivity index (χ0v) is 14.2. The van der Waals surface area contributed by atoms with Gasteiger partial charge in [0, 0.05) is 6.42 Å². The third kappa shape index (κ3) is 4.75. The average Bonchev–Trinajstić information content (AvgIpc) is 2.49. The van der Waals surface area contributed by atoms with Crippen LogP contribution in [0.25, 0.3) is 0 Å². The van der Waals surface area contributed by atoms with Crippen LogP contribution in [0.2, 0.25) is 10.0 Å². The summed E-state index contributed by atoms with van der Waals surface area (Å²) >= 11 is 11.9. The SMILES string of the molecule is Cc1ccc([C@@H](C)NC(=O)CCc2ccc(Cl)c(Cl)c2)cc1. The van der Waals surface area contributed by atoms with Gasteiger partial charge in [-0.15, -0.1) is 0 Å². The number of amides is 1. The van der Waals surface area contributed by atoms with E-state index in [1.54, 1.807) is 12.1 Å². The molecular weight excluding hydrogens is 317 g/mol. The van der Waals surface area contributed by atoms with Gasteiger partial charge in [-0.05, 0) is 43.5 Å². The number of nitrogens with one attached hydrogen (secondary N) is 1. The summed E-state index contributed by atoms with van der Waals surface area (Å²) in [6.07, 6.45) is 1.07. The van der Waals surface area contributed by atoms with Crippen LogP contribution in [0.1, 0.15) is 36.1 Å². The smallest absolute Gasteiger partial charge is 0.220 e. The van der Waals surface area contributed by atoms with Crippen LogP contribution >= 0.6 is 23.2 Å². The van der Waals surface area contributed by atoms with Crippen LogP contribution < -0.4 is 5.32 Å². The van der Waals surface area contributed by atoms with Gasteiger partial charge in [-0.3, -0.25) is 4.79 Å². The topological polar surface area (TPSA) is 29.1 Å². The molecular formula is C18H19Cl2NO. The number of benzene rings is 2. The average molecular weight is 336 g/mol. The van der Waals surface area contributed by atoms with Gasteiger partial charge in [0.1, 0.15) is 0 Å². The van der Waals surface area contributed by atoms with Crippen LogP contribution in [-0.2, 0) is 11.2 Å². The maximum absolute atomic E-state index is 12.0. The monoisotopic (exact) mass is 335 g/mol. The van der Waals surface area contributed by atoms with E-state index >= 15 is 0 Å². The summed E-state index contributed by atoms with van der Waals surface area (Å²) in [5.41, 5.74) is 3.32. The molecule has 1 atom stereocenters. The second-order valence-corrected chi connectivity index (χ2v) is 6.26. The lowest BCUT2D eigenvalue weighted by molar-refractivity contribution is -0.121. The van der Waals surface area contributed by atoms with Gasteiger partial charge in [0.15, 0.2) is 0 Å². The predicted octanol–water partition coefficient (Wildman–Crippen LogP) is 5.11. The lowest BCUT2D eigenvalue weighted by Gasteiger charge is -2.14. The molecule has 0 heterocycles. The van der Waals surface area contributed by atoms with E-state index in [4.69, 9.17) is 23.2 Å². The Kier molecular flexibility index (Phi) is 5.87. The highest BCUT2D eigenvalue weighted by atomic mass is 35.5. The molecule has 2 rings (SSSR count). The number of hydrogen-bond donors (Lipinski definition) is 1. The first-order valence-corrected chi connectivity index (χ1v) is 8.01. The Balaban J connectivity index is 1.87. The van der Waals surface area contributed by atoms with Crippen molar-refractivity contribution < 1.29 is 4.79 Å². The van der Waals surface area contributed by atoms with Gasteiger partial charge in [-0.25, -0.2) is 0 Å². The normalized spacial score (nSPS) is 12.0. The van der Waals surface area contributed by atoms with Crippen molar-refractivity contribution in [3.63, 3.8) is 0 Å². The van der Waals surface area contributed by atoms with Crippen molar-refractivity contribution in [1.29, 1.82) is 0 Å². The maximum atomic E-state index is 12.0. The first kappa shape index (κ1) is 16.9. The Morgan fingerprint density at radius 1 is 1.09 bits per heavy atom. The first-order valence-electron chi connectivity index (χ1n) is 7.25. The fourth-order valence-electron chi connectivity index (χ4n) is 2.21. The molecule has 22 heavy (non-hydrogen) atoms. The standard InChI is InChI=1S/C18H19Cl2NO/c1-12-3-7-15(8-4-12)13(2)21-18(22)10-6-14-5-9-16(19)17(20)11-14/h3-5,7-9,11,13H,6,10H2,1-2H3,(H,21,22)/t13-/m1/s1. The molecule has 0 spiro atoms. The minimum Gasteiger partial charge on any atom is -0.350 e. The molecule has 0 unspecified atom stereocenters. The summed E-state index contributed by atoms with van der Waals surface area (Å²) in [5, 5.41) is 4.07. The molecule has 0 aromatic heterocycles. The second kappa shape index (κ2) is 7.66. The van der Waals surface area contributed by atoms with E-state index < -0.39 is 0 Å². The molecule has 1 amide bonds. The summed E-state index contributed by atoms with van der Waals surface area (Å²) in [4.78, 5) is 12.0. The molecule has 0 saturated heterocycles. The van der Waals surface area contributed by atoms with Crippen LogP contribution in [0.3, 0.4) is 0 Å². The number of aryl methyl sites for hydroxylation is 2. The van der Waals surface area contributed by atoms with Crippen molar-refractivity contribution in [2.24, 2.45) is 0 Å². The molecule has 116 valence electrons. The predicted molar refractivity (Wildman–Crippen MR) is 92.5 cm³/mol. The van der Waals surface area contributed by atoms with Crippen LogP contribution in [0.5, 0.6) is 0 Å². The minimum atomic E-state index is 0.00176. The van der Waals surface area contributed by atoms with Crippen LogP contribution in [0.15, 0.2) is 42.5 Å². The van der Waals surface area contributed by atoms with E-state index in [9.17, 15) is 4.79 Å². The molecule has 2 aromatic carbocycles. The molecule has 2 aromatic rings. The molecule has 2 nitrogen and oxygen atoms in total. The number of hydrogen-bond acceptors (Lipinski definition) is 1. The summed E-state index contributed by atoms with van der Waals surface area (Å²) in [5.74, 6) is 0.0270. The molecule has 0 aliphatic carbocycles. The Morgan fingerprint density at radius 3 is 2.41 bits per heavy atom. The third-order valence-electron chi connectivity index (χ3n) is 3.58. The number of carbonyl (C=O) groups is 1. The Labute approximate surface area is 141 Å². The van der Waals surface area contributed by atoms with E-state index in [0.717, 1.165) is 11.1 Å². The van der Waals surface area contributed by atoms with E-state index in [0.29, 0.717) is 22.9 Å². The summed E-state index contributed by atoms with van der Waals surface area (Å²) in [7, 11) is 0. The molecule has 0 fully saturated rings. The highest BCUT2D eigenvalue weighted by Crippen LogP contribution is 2.23. The highest BCUT2D eigenvalue weighted by Gasteiger charge is 2.10. The Morgan fingerprint density at radius 2 is 1.77 bits per heavy atom. The number of rotatable bonds is 5. The minimum absolute atomic E-state index is 0.00176. The van der Waals surface area contributed by atoms with Crippen molar-refractivity contribution in [2.45, 2.75) is 32.7 Å². The molecule has 0 aliphatic heterocycles. The number of carbonyl (C=O) groups excluding carboxylic acids is 1. The van der Waals surface area contributed by atoms with E-state index in [-0.39, 0.29) is 11.9 Å². The van der Waals surface area contributed by atoms with Gasteiger partial charge < -0.3 is 5.32 Å². The highest BCUT2D eigenvalue weighted by molar-refractivity contribution is 6.42. The molecule has 1 N–H and O–H groups in total. The molecule has 0 bridgehead atoms. The van der Waals surface area contributed by atoms with Crippen molar-refractivity contribution in [3.05, 3.63) is 69.2 Å². The van der Waals surface area contributed by atoms with Crippen molar-refractivity contribution in [2.75, 3.05) is 0 Å². The van der Waals surface area contributed by atoms with E-state index in [2.05, 4.69) is 5.32 Å². The molecule has 4 heteroatoms. The fraction of sp³-hybridized carbons (Fsp3) is 0.278. The fourth-order valence-corrected chi connectivity index (χ4v) is 2.53. The van der Waals surface area contributed by atoms with Crippen molar-refractivity contribution in [1.82, 2.24) is 5.32 Å². The Hall–Kier alpha value is -1.51. The van der Waals surface area contributed by atoms with E-state index in [1.165, 1.54) is 5.56 Å². The third-order valence-corrected chi connectivity index (χ3v) is 4.32. The van der Waals surface area contributed by atoms with Gasteiger partial charge in [0.25, 0.3) is 0 Å². The van der Waals surface area contributed by atoms with Gasteiger partial charge in [0.2, 0.25) is 5.91 Å². The van der Waals surface area contributed by atoms with Crippen molar-refractivity contribution in [3.8, 4) is 0 Å². The lowest BCUT2D eigenvalue weighted by Crippen LogP contribution is -2.26. The van der Waals surface area contributed by atoms with E-state index in [1.807, 2.05) is 44.2 Å². The summed E-state index contributed by atoms with van der Waals surface area (Å²) in [6.45, 7) is 4.03. The first-order chi connectivity index (χ1) is 10.5. The van der Waals surface area contributed by atoms with Crippen LogP contribution in [0.4, 0.5) is 0 Å². The van der Waals surface area contributed by atoms with Crippen molar-refractivity contribution >= 4 is 29.1 Å². The maximum Gasteiger partial charge on any atom is 0.220 e. The quantitative estimate of drug-likeness (QED) is 0.807. The van der Waals surface area contributed by atoms with Gasteiger partial charge in [-0.1, -0.05) is 59.1 Å². The summed E-state index contributed by atoms with van der Waals surface area (Å²) < 4.78 is 0. The molecule has 0 radical (unpaired) electrons. The lowest BCUT2D eigenvalue weighted by atomic mass is 10.1. The van der Waals surface area contributed by atoms with Crippen LogP contribution in [-0.4, -0.2) is 5.91 Å². The zero-order valence-electron chi connectivity index (χ0n) is 12.7. The van der Waals surface area contributed by atoms with Gasteiger partial charge in [-0.2, -0.15) is 0 Å².